The topological polar surface area (TPSA) is 65.4 Å². The molecule has 0 bridgehead atoms. The molecular weight excluding hydrogens is 352 g/mol. The van der Waals surface area contributed by atoms with Crippen molar-refractivity contribution < 1.29 is 27.5 Å². The van der Waals surface area contributed by atoms with Crippen LogP contribution in [0, 0.1) is 23.3 Å². The number of carbonyl (C=O) groups excluding carboxylic acids is 1. The summed E-state index contributed by atoms with van der Waals surface area (Å²) >= 11 is 0. The Morgan fingerprint density at radius 1 is 0.885 bits per heavy atom. The fraction of sp³-hybridized carbons (Fsp3) is 0. The van der Waals surface area contributed by atoms with Gasteiger partial charge in [0.15, 0.2) is 5.88 Å². The molecule has 26 heavy (non-hydrogen) atoms. The van der Waals surface area contributed by atoms with Crippen molar-refractivity contribution >= 4 is 11.6 Å². The van der Waals surface area contributed by atoms with Crippen molar-refractivity contribution in [3.8, 4) is 17.1 Å². The molecule has 130 valence electrons. The van der Waals surface area contributed by atoms with Crippen molar-refractivity contribution in [3.63, 3.8) is 0 Å². The van der Waals surface area contributed by atoms with E-state index in [1.165, 1.54) is 18.2 Å². The quantitative estimate of drug-likeness (QED) is 0.680. The molecule has 4 nitrogen and oxygen atoms in total. The van der Waals surface area contributed by atoms with Crippen molar-refractivity contribution in [2.75, 3.05) is 0 Å². The molecule has 1 aliphatic heterocycles. The van der Waals surface area contributed by atoms with Gasteiger partial charge in [-0.15, -0.1) is 0 Å². The van der Waals surface area contributed by atoms with E-state index in [0.29, 0.717) is 12.1 Å². The van der Waals surface area contributed by atoms with Gasteiger partial charge in [-0.25, -0.2) is 22.6 Å². The lowest BCUT2D eigenvalue weighted by molar-refractivity contribution is 0.101. The van der Waals surface area contributed by atoms with Gasteiger partial charge in [0.25, 0.3) is 5.91 Å². The molecule has 0 radical (unpaired) electrons. The van der Waals surface area contributed by atoms with Crippen LogP contribution in [0.1, 0.15) is 21.5 Å². The summed E-state index contributed by atoms with van der Waals surface area (Å²) in [6.45, 7) is 0. The number of hydrogen-bond acceptors (Lipinski definition) is 2. The highest BCUT2D eigenvalue weighted by atomic mass is 19.1. The molecule has 2 N–H and O–H groups in total. The Hall–Kier alpha value is -3.42. The zero-order valence-electron chi connectivity index (χ0n) is 12.8. The van der Waals surface area contributed by atoms with E-state index in [9.17, 15) is 27.5 Å². The van der Waals surface area contributed by atoms with Crippen LogP contribution in [0.4, 0.5) is 17.6 Å². The molecule has 8 heteroatoms. The highest BCUT2D eigenvalue weighted by molar-refractivity contribution is 6.30. The molecule has 1 aromatic heterocycles. The third-order valence-corrected chi connectivity index (χ3v) is 4.00. The average molecular weight is 360 g/mol. The Morgan fingerprint density at radius 2 is 1.58 bits per heavy atom. The smallest absolute Gasteiger partial charge is 0.280 e. The number of fused-ring (bicyclic) bond motifs is 1. The Labute approximate surface area is 143 Å². The van der Waals surface area contributed by atoms with Crippen molar-refractivity contribution in [1.82, 2.24) is 4.98 Å². The minimum atomic E-state index is -1.27. The van der Waals surface area contributed by atoms with Crippen LogP contribution in [0.2, 0.25) is 0 Å². The summed E-state index contributed by atoms with van der Waals surface area (Å²) in [6, 6.07) is 6.09. The molecule has 4 rings (SSSR count). The average Bonchev–Trinajstić information content (AvgIpc) is 3.06. The van der Waals surface area contributed by atoms with Gasteiger partial charge >= 0.3 is 0 Å². The molecule has 0 aliphatic carbocycles. The first-order chi connectivity index (χ1) is 12.4. The molecular formula is C18H8F4N2O2. The molecule has 2 heterocycles. The molecule has 0 fully saturated rings. The van der Waals surface area contributed by atoms with E-state index in [-0.39, 0.29) is 22.4 Å². The van der Waals surface area contributed by atoms with Crippen molar-refractivity contribution in [1.29, 1.82) is 0 Å². The van der Waals surface area contributed by atoms with Gasteiger partial charge in [-0.1, -0.05) is 12.1 Å². The fourth-order valence-electron chi connectivity index (χ4n) is 2.95. The largest absolute Gasteiger partial charge is 0.494 e. The Morgan fingerprint density at radius 3 is 2.23 bits per heavy atom. The summed E-state index contributed by atoms with van der Waals surface area (Å²) in [4.78, 5) is 18.4. The molecule has 1 amide bonds. The van der Waals surface area contributed by atoms with Crippen LogP contribution in [0.3, 0.4) is 0 Å². The van der Waals surface area contributed by atoms with Gasteiger partial charge in [-0.2, -0.15) is 0 Å². The molecule has 3 aromatic rings. The van der Waals surface area contributed by atoms with Gasteiger partial charge in [-0.3, -0.25) is 4.79 Å². The number of aromatic nitrogens is 1. The zero-order valence-corrected chi connectivity index (χ0v) is 12.8. The number of H-pyrrole nitrogens is 1. The molecule has 1 aliphatic rings. The minimum absolute atomic E-state index is 0.0590. The number of aliphatic imine (C=N–C) groups is 1. The second-order valence-electron chi connectivity index (χ2n) is 5.62. The second kappa shape index (κ2) is 5.55. The van der Waals surface area contributed by atoms with E-state index in [1.54, 1.807) is 0 Å². The third-order valence-electron chi connectivity index (χ3n) is 4.00. The van der Waals surface area contributed by atoms with Crippen LogP contribution < -0.4 is 0 Å². The monoisotopic (exact) mass is 360 g/mol. The van der Waals surface area contributed by atoms with Gasteiger partial charge in [0.1, 0.15) is 23.3 Å². The first-order valence-corrected chi connectivity index (χ1v) is 7.36. The van der Waals surface area contributed by atoms with Crippen LogP contribution in [-0.2, 0) is 0 Å². The van der Waals surface area contributed by atoms with Gasteiger partial charge in [0, 0.05) is 17.7 Å². The lowest BCUT2D eigenvalue weighted by Crippen LogP contribution is -2.07. The number of aromatic amines is 1. The molecule has 0 unspecified atom stereocenters. The number of aromatic hydroxyl groups is 1. The summed E-state index contributed by atoms with van der Waals surface area (Å²) in [5.41, 5.74) is -1.27. The number of hydrogen-bond donors (Lipinski definition) is 2. The number of rotatable bonds is 2. The number of nitrogens with zero attached hydrogens (tertiary/aromatic N) is 1. The summed E-state index contributed by atoms with van der Waals surface area (Å²) in [5, 5.41) is 10.2. The molecule has 2 aromatic carbocycles. The fourth-order valence-corrected chi connectivity index (χ4v) is 2.95. The van der Waals surface area contributed by atoms with Crippen LogP contribution in [0.25, 0.3) is 11.3 Å². The highest BCUT2D eigenvalue weighted by Crippen LogP contribution is 2.38. The van der Waals surface area contributed by atoms with Crippen molar-refractivity contribution in [2.45, 2.75) is 0 Å². The highest BCUT2D eigenvalue weighted by Gasteiger charge is 2.36. The van der Waals surface area contributed by atoms with Crippen LogP contribution in [-0.4, -0.2) is 21.7 Å². The maximum Gasteiger partial charge on any atom is 0.280 e. The number of amides is 1. The van der Waals surface area contributed by atoms with E-state index in [4.69, 9.17) is 0 Å². The number of halogens is 4. The van der Waals surface area contributed by atoms with E-state index in [2.05, 4.69) is 9.98 Å². The number of benzene rings is 2. The maximum absolute atomic E-state index is 14.1. The lowest BCUT2D eigenvalue weighted by Gasteiger charge is -2.05. The molecule has 0 saturated heterocycles. The zero-order chi connectivity index (χ0) is 18.6. The van der Waals surface area contributed by atoms with E-state index in [1.807, 2.05) is 0 Å². The lowest BCUT2D eigenvalue weighted by atomic mass is 9.99. The van der Waals surface area contributed by atoms with Gasteiger partial charge in [0.05, 0.1) is 28.1 Å². The summed E-state index contributed by atoms with van der Waals surface area (Å²) in [5.74, 6) is -5.68. The van der Waals surface area contributed by atoms with Crippen molar-refractivity contribution in [2.24, 2.45) is 4.99 Å². The SMILES string of the molecule is O=C1N=C(c2c(F)cc(F)cc2F)c2c(O)[nH]c(-c3cccc(F)c3)c21. The summed E-state index contributed by atoms with van der Waals surface area (Å²) < 4.78 is 54.8. The normalized spacial score (nSPS) is 13.1. The predicted molar refractivity (Wildman–Crippen MR) is 84.1 cm³/mol. The van der Waals surface area contributed by atoms with Crippen molar-refractivity contribution in [3.05, 3.63) is 76.4 Å². The molecule has 0 spiro atoms. The number of nitrogens with one attached hydrogen (secondary N) is 1. The van der Waals surface area contributed by atoms with Crippen LogP contribution in [0.5, 0.6) is 5.88 Å². The first-order valence-electron chi connectivity index (χ1n) is 7.36. The minimum Gasteiger partial charge on any atom is -0.494 e. The number of carbonyl (C=O) groups is 1. The Balaban J connectivity index is 1.94. The Bertz CT molecular complexity index is 1100. The van der Waals surface area contributed by atoms with Gasteiger partial charge in [0.2, 0.25) is 0 Å². The summed E-state index contributed by atoms with van der Waals surface area (Å²) in [7, 11) is 0. The van der Waals surface area contributed by atoms with Crippen LogP contribution in [0.15, 0.2) is 41.4 Å². The van der Waals surface area contributed by atoms with Crippen LogP contribution >= 0.6 is 0 Å². The Kier molecular flexibility index (Phi) is 3.43. The predicted octanol–water partition coefficient (Wildman–Crippen LogP) is 3.93. The van der Waals surface area contributed by atoms with Gasteiger partial charge in [-0.05, 0) is 12.1 Å². The van der Waals surface area contributed by atoms with Gasteiger partial charge < -0.3 is 10.1 Å². The summed E-state index contributed by atoms with van der Waals surface area (Å²) in [6.07, 6.45) is 0. The van der Waals surface area contributed by atoms with E-state index >= 15 is 0 Å². The standard InChI is InChI=1S/C18H8F4N2O2/c19-8-3-1-2-7(4-8)15-13-14(18(26)23-15)16(24-17(13)25)12-10(21)5-9(20)6-11(12)22/h1-6,23,26H. The first kappa shape index (κ1) is 16.1. The van der Waals surface area contributed by atoms with E-state index in [0.717, 1.165) is 6.07 Å². The maximum atomic E-state index is 14.1. The van der Waals surface area contributed by atoms with E-state index < -0.39 is 46.3 Å². The third kappa shape index (κ3) is 2.30. The second-order valence-corrected chi connectivity index (χ2v) is 5.62. The molecule has 0 saturated carbocycles. The molecule has 0 atom stereocenters.